The predicted octanol–water partition coefficient (Wildman–Crippen LogP) is 0.566. The lowest BCUT2D eigenvalue weighted by atomic mass is 10.2. The number of alkyl carbamates (subject to hydrolysis) is 1. The maximum absolute atomic E-state index is 10.7. The Morgan fingerprint density at radius 3 is 3.18 bits per heavy atom. The van der Waals surface area contributed by atoms with Crippen molar-refractivity contribution in [1.82, 2.24) is 10.6 Å². The van der Waals surface area contributed by atoms with Gasteiger partial charge in [0.1, 0.15) is 6.17 Å². The summed E-state index contributed by atoms with van der Waals surface area (Å²) in [5.41, 5.74) is 0. The first-order valence-corrected chi connectivity index (χ1v) is 3.58. The molecular weight excluding hydrogens is 144 g/mol. The third-order valence-corrected chi connectivity index (χ3v) is 1.51. The molecular formula is C7H12N2O2. The Bertz CT molecular complexity index is 168. The number of amides is 1. The Labute approximate surface area is 65.6 Å². The van der Waals surface area contributed by atoms with Gasteiger partial charge in [-0.1, -0.05) is 6.08 Å². The second-order valence-corrected chi connectivity index (χ2v) is 2.33. The fraction of sp³-hybridized carbons (Fsp3) is 0.571. The zero-order valence-corrected chi connectivity index (χ0v) is 6.46. The Balaban J connectivity index is 2.26. The third kappa shape index (κ3) is 2.49. The number of methoxy groups -OCH3 is 1. The molecule has 1 aliphatic rings. The van der Waals surface area contributed by atoms with E-state index >= 15 is 0 Å². The quantitative estimate of drug-likeness (QED) is 0.583. The Morgan fingerprint density at radius 1 is 1.82 bits per heavy atom. The van der Waals surface area contributed by atoms with E-state index in [0.29, 0.717) is 0 Å². The number of hydrogen-bond donors (Lipinski definition) is 2. The van der Waals surface area contributed by atoms with Crippen LogP contribution < -0.4 is 10.6 Å². The van der Waals surface area contributed by atoms with E-state index in [1.165, 1.54) is 7.11 Å². The van der Waals surface area contributed by atoms with E-state index in [2.05, 4.69) is 15.4 Å². The molecule has 1 atom stereocenters. The number of ether oxygens (including phenoxy) is 1. The smallest absolute Gasteiger partial charge is 0.408 e. The van der Waals surface area contributed by atoms with Gasteiger partial charge in [0.25, 0.3) is 0 Å². The van der Waals surface area contributed by atoms with Gasteiger partial charge in [0, 0.05) is 0 Å². The van der Waals surface area contributed by atoms with E-state index in [0.717, 1.165) is 12.8 Å². The van der Waals surface area contributed by atoms with Crippen LogP contribution in [0.5, 0.6) is 0 Å². The van der Waals surface area contributed by atoms with Gasteiger partial charge in [0.05, 0.1) is 7.11 Å². The summed E-state index contributed by atoms with van der Waals surface area (Å²) in [4.78, 5) is 10.7. The van der Waals surface area contributed by atoms with Crippen molar-refractivity contribution in [1.29, 1.82) is 0 Å². The summed E-state index contributed by atoms with van der Waals surface area (Å²) in [7, 11) is 1.36. The summed E-state index contributed by atoms with van der Waals surface area (Å²) in [5, 5.41) is 5.64. The predicted molar refractivity (Wildman–Crippen MR) is 40.8 cm³/mol. The minimum absolute atomic E-state index is 0.0208. The average Bonchev–Trinajstić information content (AvgIpc) is 2.06. The lowest BCUT2D eigenvalue weighted by molar-refractivity contribution is 0.164. The molecule has 1 rings (SSSR count). The minimum atomic E-state index is -0.391. The summed E-state index contributed by atoms with van der Waals surface area (Å²) in [6, 6.07) is 0. The molecule has 0 aromatic carbocycles. The Hall–Kier alpha value is -1.19. The van der Waals surface area contributed by atoms with E-state index in [1.54, 1.807) is 0 Å². The van der Waals surface area contributed by atoms with Crippen molar-refractivity contribution < 1.29 is 9.53 Å². The standard InChI is InChI=1S/C7H12N2O2/c1-11-7(10)9-6-4-2-3-5-8-6/h3,5-6,8H,2,4H2,1H3,(H,9,10). The van der Waals surface area contributed by atoms with Crippen molar-refractivity contribution in [3.05, 3.63) is 12.3 Å². The van der Waals surface area contributed by atoms with Gasteiger partial charge in [-0.05, 0) is 19.0 Å². The molecule has 0 spiro atoms. The van der Waals surface area contributed by atoms with E-state index < -0.39 is 6.09 Å². The van der Waals surface area contributed by atoms with E-state index in [1.807, 2.05) is 12.3 Å². The maximum atomic E-state index is 10.7. The van der Waals surface area contributed by atoms with Crippen LogP contribution in [-0.4, -0.2) is 19.4 Å². The highest BCUT2D eigenvalue weighted by molar-refractivity contribution is 5.67. The van der Waals surface area contributed by atoms with Gasteiger partial charge in [-0.3, -0.25) is 0 Å². The van der Waals surface area contributed by atoms with Crippen LogP contribution in [-0.2, 0) is 4.74 Å². The highest BCUT2D eigenvalue weighted by Gasteiger charge is 2.10. The van der Waals surface area contributed by atoms with Crippen molar-refractivity contribution in [2.24, 2.45) is 0 Å². The van der Waals surface area contributed by atoms with Crippen molar-refractivity contribution >= 4 is 6.09 Å². The Kier molecular flexibility index (Phi) is 2.77. The summed E-state index contributed by atoms with van der Waals surface area (Å²) in [5.74, 6) is 0. The third-order valence-electron chi connectivity index (χ3n) is 1.51. The summed E-state index contributed by atoms with van der Waals surface area (Å²) >= 11 is 0. The molecule has 1 amide bonds. The van der Waals surface area contributed by atoms with Crippen LogP contribution in [0.4, 0.5) is 4.79 Å². The molecule has 0 aromatic rings. The molecule has 0 saturated carbocycles. The van der Waals surface area contributed by atoms with Gasteiger partial charge in [-0.2, -0.15) is 0 Å². The second-order valence-electron chi connectivity index (χ2n) is 2.33. The molecule has 0 bridgehead atoms. The molecule has 0 aliphatic carbocycles. The topological polar surface area (TPSA) is 50.4 Å². The van der Waals surface area contributed by atoms with Crippen LogP contribution in [0, 0.1) is 0 Å². The zero-order valence-electron chi connectivity index (χ0n) is 6.46. The molecule has 0 aromatic heterocycles. The van der Waals surface area contributed by atoms with Crippen molar-refractivity contribution in [3.8, 4) is 0 Å². The molecule has 2 N–H and O–H groups in total. The van der Waals surface area contributed by atoms with Gasteiger partial charge in [-0.25, -0.2) is 4.79 Å². The molecule has 4 heteroatoms. The molecule has 0 saturated heterocycles. The van der Waals surface area contributed by atoms with Crippen LogP contribution in [0.15, 0.2) is 12.3 Å². The lowest BCUT2D eigenvalue weighted by Crippen LogP contribution is -2.44. The van der Waals surface area contributed by atoms with Crippen molar-refractivity contribution in [3.63, 3.8) is 0 Å². The van der Waals surface area contributed by atoms with Gasteiger partial charge in [0.2, 0.25) is 0 Å². The summed E-state index contributed by atoms with van der Waals surface area (Å²) < 4.78 is 4.44. The van der Waals surface area contributed by atoms with E-state index in [4.69, 9.17) is 0 Å². The van der Waals surface area contributed by atoms with Crippen LogP contribution in [0.2, 0.25) is 0 Å². The lowest BCUT2D eigenvalue weighted by Gasteiger charge is -2.20. The van der Waals surface area contributed by atoms with Crippen LogP contribution in [0.25, 0.3) is 0 Å². The van der Waals surface area contributed by atoms with Crippen molar-refractivity contribution in [2.45, 2.75) is 19.0 Å². The first kappa shape index (κ1) is 7.91. The molecule has 1 aliphatic heterocycles. The molecule has 4 nitrogen and oxygen atoms in total. The number of hydrogen-bond acceptors (Lipinski definition) is 3. The van der Waals surface area contributed by atoms with Crippen molar-refractivity contribution in [2.75, 3.05) is 7.11 Å². The first-order valence-electron chi connectivity index (χ1n) is 3.58. The first-order chi connectivity index (χ1) is 5.33. The molecule has 11 heavy (non-hydrogen) atoms. The largest absolute Gasteiger partial charge is 0.453 e. The number of carbonyl (C=O) groups is 1. The Morgan fingerprint density at radius 2 is 2.64 bits per heavy atom. The minimum Gasteiger partial charge on any atom is -0.453 e. The number of carbonyl (C=O) groups excluding carboxylic acids is 1. The SMILES string of the molecule is COC(=O)NC1CCC=CN1. The van der Waals surface area contributed by atoms with Gasteiger partial charge in [-0.15, -0.1) is 0 Å². The van der Waals surface area contributed by atoms with Crippen LogP contribution in [0.3, 0.4) is 0 Å². The molecule has 0 fully saturated rings. The average molecular weight is 156 g/mol. The second kappa shape index (κ2) is 3.85. The van der Waals surface area contributed by atoms with Crippen LogP contribution >= 0.6 is 0 Å². The highest BCUT2D eigenvalue weighted by atomic mass is 16.5. The molecule has 1 unspecified atom stereocenters. The number of nitrogens with one attached hydrogen (secondary N) is 2. The summed E-state index contributed by atoms with van der Waals surface area (Å²) in [6.07, 6.45) is 5.39. The molecule has 0 radical (unpaired) electrons. The van der Waals surface area contributed by atoms with Gasteiger partial charge in [0.15, 0.2) is 0 Å². The number of rotatable bonds is 1. The zero-order chi connectivity index (χ0) is 8.10. The normalized spacial score (nSPS) is 22.1. The van der Waals surface area contributed by atoms with E-state index in [9.17, 15) is 4.79 Å². The molecule has 62 valence electrons. The molecule has 1 heterocycles. The summed E-state index contributed by atoms with van der Waals surface area (Å²) in [6.45, 7) is 0. The number of allylic oxidation sites excluding steroid dienone is 1. The fourth-order valence-electron chi connectivity index (χ4n) is 0.929. The van der Waals surface area contributed by atoms with Gasteiger partial charge >= 0.3 is 6.09 Å². The van der Waals surface area contributed by atoms with E-state index in [-0.39, 0.29) is 6.17 Å². The monoisotopic (exact) mass is 156 g/mol. The fourth-order valence-corrected chi connectivity index (χ4v) is 0.929. The highest BCUT2D eigenvalue weighted by Crippen LogP contribution is 2.00. The van der Waals surface area contributed by atoms with Crippen LogP contribution in [0.1, 0.15) is 12.8 Å². The maximum Gasteiger partial charge on any atom is 0.408 e. The van der Waals surface area contributed by atoms with Gasteiger partial charge < -0.3 is 15.4 Å².